The molecule has 2 N–H and O–H groups in total. The zero-order valence-electron chi connectivity index (χ0n) is 10.2. The van der Waals surface area contributed by atoms with Gasteiger partial charge in [0.05, 0.1) is 5.25 Å². The normalized spacial score (nSPS) is 14.9. The van der Waals surface area contributed by atoms with Crippen LogP contribution in [0.5, 0.6) is 0 Å². The third-order valence-corrected chi connectivity index (χ3v) is 4.92. The van der Waals surface area contributed by atoms with Gasteiger partial charge in [0, 0.05) is 19.6 Å². The van der Waals surface area contributed by atoms with Crippen LogP contribution in [0, 0.1) is 5.92 Å². The van der Waals surface area contributed by atoms with Crippen molar-refractivity contribution in [3.05, 3.63) is 0 Å². The first-order valence-electron chi connectivity index (χ1n) is 5.59. The van der Waals surface area contributed by atoms with Crippen LogP contribution >= 0.6 is 0 Å². The largest absolute Gasteiger partial charge is 0.329 e. The van der Waals surface area contributed by atoms with Crippen LogP contribution in [0.1, 0.15) is 34.1 Å². The summed E-state index contributed by atoms with van der Waals surface area (Å²) in [6, 6.07) is 0. The predicted molar refractivity (Wildman–Crippen MR) is 64.1 cm³/mol. The SMILES string of the molecule is CCC(CN)S(=O)(=O)N(CC)CC(C)C. The van der Waals surface area contributed by atoms with Crippen LogP contribution in [-0.2, 0) is 10.0 Å². The Kier molecular flexibility index (Phi) is 6.40. The summed E-state index contributed by atoms with van der Waals surface area (Å²) in [6.45, 7) is 9.06. The van der Waals surface area contributed by atoms with Gasteiger partial charge in [-0.1, -0.05) is 27.7 Å². The summed E-state index contributed by atoms with van der Waals surface area (Å²) in [5, 5.41) is -0.434. The van der Waals surface area contributed by atoms with Crippen molar-refractivity contribution in [2.75, 3.05) is 19.6 Å². The second-order valence-electron chi connectivity index (χ2n) is 4.16. The first kappa shape index (κ1) is 14.9. The van der Waals surface area contributed by atoms with E-state index < -0.39 is 15.3 Å². The topological polar surface area (TPSA) is 63.4 Å². The van der Waals surface area contributed by atoms with Gasteiger partial charge in [0.2, 0.25) is 10.0 Å². The molecular weight excluding hydrogens is 212 g/mol. The molecule has 15 heavy (non-hydrogen) atoms. The van der Waals surface area contributed by atoms with Gasteiger partial charge < -0.3 is 5.73 Å². The highest BCUT2D eigenvalue weighted by Crippen LogP contribution is 2.13. The van der Waals surface area contributed by atoms with Crippen molar-refractivity contribution in [2.45, 2.75) is 39.4 Å². The van der Waals surface area contributed by atoms with E-state index in [9.17, 15) is 8.42 Å². The highest BCUT2D eigenvalue weighted by molar-refractivity contribution is 7.89. The zero-order valence-corrected chi connectivity index (χ0v) is 11.0. The van der Waals surface area contributed by atoms with Gasteiger partial charge in [-0.2, -0.15) is 0 Å². The van der Waals surface area contributed by atoms with Gasteiger partial charge in [0.15, 0.2) is 0 Å². The Labute approximate surface area is 93.9 Å². The Morgan fingerprint density at radius 2 is 1.80 bits per heavy atom. The number of hydrogen-bond acceptors (Lipinski definition) is 3. The minimum atomic E-state index is -3.20. The first-order chi connectivity index (χ1) is 6.89. The summed E-state index contributed by atoms with van der Waals surface area (Å²) in [7, 11) is -3.20. The molecule has 0 spiro atoms. The summed E-state index contributed by atoms with van der Waals surface area (Å²) >= 11 is 0. The van der Waals surface area contributed by atoms with Crippen LogP contribution < -0.4 is 5.73 Å². The van der Waals surface area contributed by atoms with Crippen LogP contribution in [0.2, 0.25) is 0 Å². The molecule has 0 aliphatic rings. The maximum atomic E-state index is 12.1. The quantitative estimate of drug-likeness (QED) is 0.718. The third kappa shape index (κ3) is 4.09. The van der Waals surface area contributed by atoms with Crippen molar-refractivity contribution in [3.63, 3.8) is 0 Å². The molecule has 0 saturated carbocycles. The second kappa shape index (κ2) is 6.45. The first-order valence-corrected chi connectivity index (χ1v) is 7.09. The Bertz CT molecular complexity index is 259. The van der Waals surface area contributed by atoms with E-state index in [0.717, 1.165) is 0 Å². The second-order valence-corrected chi connectivity index (χ2v) is 6.37. The van der Waals surface area contributed by atoms with Gasteiger partial charge in [-0.15, -0.1) is 0 Å². The molecule has 0 amide bonds. The molecule has 0 rings (SSSR count). The zero-order chi connectivity index (χ0) is 12.1. The van der Waals surface area contributed by atoms with Crippen molar-refractivity contribution in [1.29, 1.82) is 0 Å². The van der Waals surface area contributed by atoms with Crippen LogP contribution in [0.4, 0.5) is 0 Å². The number of nitrogens with zero attached hydrogens (tertiary/aromatic N) is 1. The molecule has 0 bridgehead atoms. The van der Waals surface area contributed by atoms with Crippen LogP contribution in [0.3, 0.4) is 0 Å². The van der Waals surface area contributed by atoms with E-state index in [1.54, 1.807) is 4.31 Å². The monoisotopic (exact) mass is 236 g/mol. The molecule has 0 aliphatic heterocycles. The van der Waals surface area contributed by atoms with E-state index in [0.29, 0.717) is 25.4 Å². The average Bonchev–Trinajstić information content (AvgIpc) is 2.15. The Hall–Kier alpha value is -0.130. The van der Waals surface area contributed by atoms with Gasteiger partial charge in [-0.3, -0.25) is 0 Å². The smallest absolute Gasteiger partial charge is 0.218 e. The van der Waals surface area contributed by atoms with Crippen molar-refractivity contribution in [3.8, 4) is 0 Å². The molecule has 0 aromatic heterocycles. The standard InChI is InChI=1S/C10H24N2O2S/c1-5-10(7-11)15(13,14)12(6-2)8-9(3)4/h9-10H,5-8,11H2,1-4H3. The van der Waals surface area contributed by atoms with E-state index in [1.807, 2.05) is 27.7 Å². The summed E-state index contributed by atoms with van der Waals surface area (Å²) in [5.74, 6) is 0.343. The van der Waals surface area contributed by atoms with E-state index in [2.05, 4.69) is 0 Å². The van der Waals surface area contributed by atoms with Crippen molar-refractivity contribution < 1.29 is 8.42 Å². The average molecular weight is 236 g/mol. The maximum absolute atomic E-state index is 12.1. The fraction of sp³-hybridized carbons (Fsp3) is 1.00. The lowest BCUT2D eigenvalue weighted by Gasteiger charge is -2.26. The molecule has 0 aromatic rings. The van der Waals surface area contributed by atoms with E-state index in [-0.39, 0.29) is 6.54 Å². The molecule has 0 heterocycles. The van der Waals surface area contributed by atoms with Crippen molar-refractivity contribution >= 4 is 10.0 Å². The summed E-state index contributed by atoms with van der Waals surface area (Å²) in [6.07, 6.45) is 0.577. The fourth-order valence-electron chi connectivity index (χ4n) is 1.53. The van der Waals surface area contributed by atoms with Gasteiger partial charge in [0.25, 0.3) is 0 Å². The third-order valence-electron chi connectivity index (χ3n) is 2.42. The minimum absolute atomic E-state index is 0.202. The molecule has 1 unspecified atom stereocenters. The van der Waals surface area contributed by atoms with Crippen LogP contribution in [0.15, 0.2) is 0 Å². The molecule has 1 atom stereocenters. The van der Waals surface area contributed by atoms with Crippen molar-refractivity contribution in [1.82, 2.24) is 4.31 Å². The summed E-state index contributed by atoms with van der Waals surface area (Å²) in [4.78, 5) is 0. The number of nitrogens with two attached hydrogens (primary N) is 1. The van der Waals surface area contributed by atoms with Gasteiger partial charge in [-0.05, 0) is 12.3 Å². The molecule has 92 valence electrons. The molecule has 4 nitrogen and oxygen atoms in total. The molecular formula is C10H24N2O2S. The van der Waals surface area contributed by atoms with E-state index in [1.165, 1.54) is 0 Å². The van der Waals surface area contributed by atoms with Gasteiger partial charge in [-0.25, -0.2) is 12.7 Å². The van der Waals surface area contributed by atoms with Crippen LogP contribution in [-0.4, -0.2) is 37.6 Å². The molecule has 5 heteroatoms. The lowest BCUT2D eigenvalue weighted by Crippen LogP contribution is -2.43. The summed E-state index contributed by atoms with van der Waals surface area (Å²) < 4.78 is 25.8. The Morgan fingerprint density at radius 3 is 2.07 bits per heavy atom. The van der Waals surface area contributed by atoms with Crippen LogP contribution in [0.25, 0.3) is 0 Å². The lowest BCUT2D eigenvalue weighted by atomic mass is 10.2. The van der Waals surface area contributed by atoms with E-state index in [4.69, 9.17) is 5.73 Å². The molecule has 0 fully saturated rings. The fourth-order valence-corrected chi connectivity index (χ4v) is 3.48. The molecule has 0 radical (unpaired) electrons. The number of rotatable bonds is 7. The highest BCUT2D eigenvalue weighted by atomic mass is 32.2. The van der Waals surface area contributed by atoms with Gasteiger partial charge >= 0.3 is 0 Å². The van der Waals surface area contributed by atoms with E-state index >= 15 is 0 Å². The maximum Gasteiger partial charge on any atom is 0.218 e. The molecule has 0 saturated heterocycles. The molecule has 0 aliphatic carbocycles. The Morgan fingerprint density at radius 1 is 1.27 bits per heavy atom. The Balaban J connectivity index is 4.79. The number of sulfonamides is 1. The predicted octanol–water partition coefficient (Wildman–Crippen LogP) is 1.03. The summed E-state index contributed by atoms with van der Waals surface area (Å²) in [5.41, 5.74) is 5.49. The van der Waals surface area contributed by atoms with Gasteiger partial charge in [0.1, 0.15) is 0 Å². The number of hydrogen-bond donors (Lipinski definition) is 1. The lowest BCUT2D eigenvalue weighted by molar-refractivity contribution is 0.374. The minimum Gasteiger partial charge on any atom is -0.329 e. The molecule has 0 aromatic carbocycles. The van der Waals surface area contributed by atoms with Crippen molar-refractivity contribution in [2.24, 2.45) is 11.7 Å². The highest BCUT2D eigenvalue weighted by Gasteiger charge is 2.28.